The highest BCUT2D eigenvalue weighted by Crippen LogP contribution is 2.33. The van der Waals surface area contributed by atoms with Crippen LogP contribution < -0.4 is 14.2 Å². The Labute approximate surface area is 135 Å². The zero-order chi connectivity index (χ0) is 16.3. The predicted octanol–water partition coefficient (Wildman–Crippen LogP) is 4.06. The van der Waals surface area contributed by atoms with E-state index < -0.39 is 5.41 Å². The molecule has 0 aromatic heterocycles. The maximum Gasteiger partial charge on any atom is 0.320 e. The van der Waals surface area contributed by atoms with Crippen molar-refractivity contribution in [2.75, 3.05) is 6.79 Å². The van der Waals surface area contributed by atoms with E-state index in [1.165, 1.54) is 0 Å². The number of hydrogen-bond acceptors (Lipinski definition) is 4. The molecule has 1 aliphatic heterocycles. The van der Waals surface area contributed by atoms with Gasteiger partial charge in [0, 0.05) is 0 Å². The summed E-state index contributed by atoms with van der Waals surface area (Å²) in [4.78, 5) is 12.3. The zero-order valence-electron chi connectivity index (χ0n) is 13.1. The predicted molar refractivity (Wildman–Crippen MR) is 87.5 cm³/mol. The highest BCUT2D eigenvalue weighted by Gasteiger charge is 2.27. The second-order valence-electron chi connectivity index (χ2n) is 5.87. The first kappa shape index (κ1) is 15.2. The first-order chi connectivity index (χ1) is 11.0. The van der Waals surface area contributed by atoms with Crippen LogP contribution in [0.3, 0.4) is 0 Å². The molecule has 0 saturated heterocycles. The molecule has 0 unspecified atom stereocenters. The molecule has 118 valence electrons. The van der Waals surface area contributed by atoms with Gasteiger partial charge < -0.3 is 14.2 Å². The van der Waals surface area contributed by atoms with Crippen molar-refractivity contribution in [3.63, 3.8) is 0 Å². The van der Waals surface area contributed by atoms with Crippen molar-refractivity contribution in [3.05, 3.63) is 60.2 Å². The van der Waals surface area contributed by atoms with Gasteiger partial charge in [0.1, 0.15) is 5.75 Å². The van der Waals surface area contributed by atoms with Crippen LogP contribution in [0.1, 0.15) is 19.4 Å². The van der Waals surface area contributed by atoms with E-state index in [2.05, 4.69) is 0 Å². The Hall–Kier alpha value is -2.75. The molecule has 0 aliphatic carbocycles. The molecule has 0 bridgehead atoms. The van der Waals surface area contributed by atoms with E-state index in [4.69, 9.17) is 14.2 Å². The molecule has 1 aliphatic rings. The van der Waals surface area contributed by atoms with Crippen molar-refractivity contribution in [3.8, 4) is 17.2 Å². The number of rotatable bonds is 4. The Bertz CT molecular complexity index is 732. The summed E-state index contributed by atoms with van der Waals surface area (Å²) in [5.41, 5.74) is 0.196. The molecule has 0 atom stereocenters. The van der Waals surface area contributed by atoms with Crippen LogP contribution in [0.4, 0.5) is 0 Å². The first-order valence-corrected chi connectivity index (χ1v) is 7.41. The lowest BCUT2D eigenvalue weighted by atomic mass is 9.92. The second kappa shape index (κ2) is 6.16. The van der Waals surface area contributed by atoms with Gasteiger partial charge in [-0.05, 0) is 43.7 Å². The van der Waals surface area contributed by atoms with Crippen LogP contribution in [0.5, 0.6) is 17.2 Å². The van der Waals surface area contributed by atoms with Gasteiger partial charge in [-0.1, -0.05) is 36.4 Å². The van der Waals surface area contributed by atoms with Gasteiger partial charge in [-0.15, -0.1) is 0 Å². The monoisotopic (exact) mass is 310 g/mol. The molecule has 0 spiro atoms. The zero-order valence-corrected chi connectivity index (χ0v) is 13.1. The lowest BCUT2D eigenvalue weighted by Crippen LogP contribution is -2.26. The third-order valence-corrected chi connectivity index (χ3v) is 3.57. The molecule has 4 heteroatoms. The maximum atomic E-state index is 12.3. The van der Waals surface area contributed by atoms with Gasteiger partial charge in [0.2, 0.25) is 6.79 Å². The highest BCUT2D eigenvalue weighted by molar-refractivity contribution is 5.81. The number of esters is 1. The summed E-state index contributed by atoms with van der Waals surface area (Å²) in [5.74, 6) is 1.70. The molecular weight excluding hydrogens is 292 g/mol. The molecule has 2 aromatic carbocycles. The third kappa shape index (κ3) is 3.54. The average Bonchev–Trinajstić information content (AvgIpc) is 3.01. The fourth-order valence-corrected chi connectivity index (χ4v) is 2.12. The number of carbonyl (C=O) groups is 1. The minimum absolute atomic E-state index is 0.247. The first-order valence-electron chi connectivity index (χ1n) is 7.41. The summed E-state index contributed by atoms with van der Waals surface area (Å²) in [5, 5.41) is 0. The molecule has 0 amide bonds. The van der Waals surface area contributed by atoms with E-state index in [1.54, 1.807) is 12.1 Å². The van der Waals surface area contributed by atoms with Crippen LogP contribution in [0, 0.1) is 5.41 Å². The van der Waals surface area contributed by atoms with Crippen LogP contribution in [0.15, 0.2) is 54.6 Å². The van der Waals surface area contributed by atoms with Gasteiger partial charge in [0.05, 0.1) is 5.41 Å². The molecule has 0 N–H and O–H groups in total. The minimum Gasteiger partial charge on any atom is -0.454 e. The normalized spacial score (nSPS) is 13.3. The largest absolute Gasteiger partial charge is 0.454 e. The summed E-state index contributed by atoms with van der Waals surface area (Å²) in [6, 6.07) is 14.7. The fraction of sp³-hybridized carbons (Fsp3) is 0.211. The molecular formula is C19H18O4. The Morgan fingerprint density at radius 2 is 1.83 bits per heavy atom. The minimum atomic E-state index is -0.744. The van der Waals surface area contributed by atoms with Gasteiger partial charge in [0.15, 0.2) is 11.5 Å². The molecule has 3 rings (SSSR count). The van der Waals surface area contributed by atoms with Gasteiger partial charge in [-0.3, -0.25) is 4.79 Å². The quantitative estimate of drug-likeness (QED) is 0.631. The number of ether oxygens (including phenoxy) is 3. The number of fused-ring (bicyclic) bond motifs is 1. The molecule has 0 saturated carbocycles. The van der Waals surface area contributed by atoms with Gasteiger partial charge >= 0.3 is 5.97 Å². The van der Waals surface area contributed by atoms with E-state index in [0.717, 1.165) is 17.1 Å². The van der Waals surface area contributed by atoms with Crippen molar-refractivity contribution in [2.24, 2.45) is 5.41 Å². The van der Waals surface area contributed by atoms with E-state index in [9.17, 15) is 4.79 Å². The van der Waals surface area contributed by atoms with Crippen molar-refractivity contribution in [1.29, 1.82) is 0 Å². The third-order valence-electron chi connectivity index (χ3n) is 3.57. The van der Waals surface area contributed by atoms with Crippen molar-refractivity contribution in [2.45, 2.75) is 13.8 Å². The van der Waals surface area contributed by atoms with E-state index in [0.29, 0.717) is 5.75 Å². The summed E-state index contributed by atoms with van der Waals surface area (Å²) in [7, 11) is 0. The number of benzene rings is 2. The average molecular weight is 310 g/mol. The van der Waals surface area contributed by atoms with Gasteiger partial charge in [-0.25, -0.2) is 0 Å². The van der Waals surface area contributed by atoms with Gasteiger partial charge in [0.25, 0.3) is 0 Å². The lowest BCUT2D eigenvalue weighted by Gasteiger charge is -2.18. The highest BCUT2D eigenvalue weighted by atomic mass is 16.7. The Balaban J connectivity index is 1.71. The molecule has 0 radical (unpaired) electrons. The summed E-state index contributed by atoms with van der Waals surface area (Å²) < 4.78 is 16.0. The van der Waals surface area contributed by atoms with E-state index in [1.807, 2.05) is 62.4 Å². The van der Waals surface area contributed by atoms with Crippen LogP contribution in [-0.2, 0) is 4.79 Å². The standard InChI is InChI=1S/C19H18O4/c1-19(2,18(20)23-15-6-4-3-5-7-15)11-10-14-8-9-16-17(12-14)22-13-21-16/h3-12H,13H2,1-2H3/b11-10-. The van der Waals surface area contributed by atoms with Crippen LogP contribution >= 0.6 is 0 Å². The SMILES string of the molecule is CC(C)(/C=C\c1ccc2c(c1)OCO2)C(=O)Oc1ccccc1. The topological polar surface area (TPSA) is 44.8 Å². The Kier molecular flexibility index (Phi) is 4.06. The molecule has 2 aromatic rings. The van der Waals surface area contributed by atoms with Crippen molar-refractivity contribution >= 4 is 12.0 Å². The lowest BCUT2D eigenvalue weighted by molar-refractivity contribution is -0.141. The second-order valence-corrected chi connectivity index (χ2v) is 5.87. The number of para-hydroxylation sites is 1. The molecule has 1 heterocycles. The molecule has 23 heavy (non-hydrogen) atoms. The molecule has 0 fully saturated rings. The number of carbonyl (C=O) groups excluding carboxylic acids is 1. The maximum absolute atomic E-state index is 12.3. The number of hydrogen-bond donors (Lipinski definition) is 0. The summed E-state index contributed by atoms with van der Waals surface area (Å²) in [6.45, 7) is 3.89. The van der Waals surface area contributed by atoms with E-state index >= 15 is 0 Å². The summed E-state index contributed by atoms with van der Waals surface area (Å²) >= 11 is 0. The Morgan fingerprint density at radius 3 is 2.61 bits per heavy atom. The van der Waals surface area contributed by atoms with Crippen molar-refractivity contribution in [1.82, 2.24) is 0 Å². The molecule has 4 nitrogen and oxygen atoms in total. The van der Waals surface area contributed by atoms with Crippen LogP contribution in [0.2, 0.25) is 0 Å². The fourth-order valence-electron chi connectivity index (χ4n) is 2.12. The Morgan fingerprint density at radius 1 is 1.09 bits per heavy atom. The van der Waals surface area contributed by atoms with Crippen LogP contribution in [-0.4, -0.2) is 12.8 Å². The van der Waals surface area contributed by atoms with Gasteiger partial charge in [-0.2, -0.15) is 0 Å². The van der Waals surface area contributed by atoms with E-state index in [-0.39, 0.29) is 12.8 Å². The smallest absolute Gasteiger partial charge is 0.320 e. The van der Waals surface area contributed by atoms with Crippen LogP contribution in [0.25, 0.3) is 6.08 Å². The summed E-state index contributed by atoms with van der Waals surface area (Å²) in [6.07, 6.45) is 3.71. The van der Waals surface area contributed by atoms with Crippen molar-refractivity contribution < 1.29 is 19.0 Å².